The number of hydrogen-bond acceptors (Lipinski definition) is 5. The molecule has 1 aromatic carbocycles. The summed E-state index contributed by atoms with van der Waals surface area (Å²) in [4.78, 5) is 12.6. The van der Waals surface area contributed by atoms with Crippen LogP contribution < -0.4 is 4.31 Å². The first-order valence-electron chi connectivity index (χ1n) is 8.08. The summed E-state index contributed by atoms with van der Waals surface area (Å²) in [6.07, 6.45) is 3.11. The molecule has 0 saturated carbocycles. The summed E-state index contributed by atoms with van der Waals surface area (Å²) in [5.41, 5.74) is 2.58. The number of rotatable bonds is 7. The van der Waals surface area contributed by atoms with Crippen molar-refractivity contribution in [2.45, 2.75) is 20.3 Å². The van der Waals surface area contributed by atoms with Gasteiger partial charge in [-0.1, -0.05) is 30.3 Å². The standard InChI is InChI=1S/C18H23N3O3S2/c1-14-18(15(2)20(3)19-14)21(26(4,23)24)17(22)11-13-25-12-10-16-8-6-5-7-9-16/h5-10,12H,11,13H2,1-4H3/b12-10+. The van der Waals surface area contributed by atoms with Crippen molar-refractivity contribution >= 4 is 39.5 Å². The van der Waals surface area contributed by atoms with Gasteiger partial charge in [-0.3, -0.25) is 9.48 Å². The zero-order chi connectivity index (χ0) is 19.3. The molecule has 0 N–H and O–H groups in total. The van der Waals surface area contributed by atoms with Crippen LogP contribution in [0.2, 0.25) is 0 Å². The Hall–Kier alpha value is -2.06. The zero-order valence-corrected chi connectivity index (χ0v) is 17.0. The number of anilines is 1. The smallest absolute Gasteiger partial charge is 0.241 e. The summed E-state index contributed by atoms with van der Waals surface area (Å²) in [5, 5.41) is 6.12. The second-order valence-electron chi connectivity index (χ2n) is 5.90. The number of thioether (sulfide) groups is 1. The third-order valence-corrected chi connectivity index (χ3v) is 5.64. The number of aryl methyl sites for hydroxylation is 2. The topological polar surface area (TPSA) is 72.3 Å². The van der Waals surface area contributed by atoms with Gasteiger partial charge in [0.15, 0.2) is 0 Å². The molecule has 1 heterocycles. The van der Waals surface area contributed by atoms with Crippen molar-refractivity contribution in [3.63, 3.8) is 0 Å². The van der Waals surface area contributed by atoms with Crippen LogP contribution in [0.1, 0.15) is 23.4 Å². The number of amides is 1. The van der Waals surface area contributed by atoms with E-state index in [2.05, 4.69) is 5.10 Å². The third-order valence-electron chi connectivity index (χ3n) is 3.82. The first-order chi connectivity index (χ1) is 12.2. The molecule has 0 unspecified atom stereocenters. The molecule has 2 rings (SSSR count). The molecule has 0 radical (unpaired) electrons. The molecular weight excluding hydrogens is 370 g/mol. The van der Waals surface area contributed by atoms with E-state index in [0.717, 1.165) is 16.1 Å². The molecule has 140 valence electrons. The molecule has 2 aromatic rings. The van der Waals surface area contributed by atoms with Crippen LogP contribution in [0.25, 0.3) is 6.08 Å². The van der Waals surface area contributed by atoms with E-state index in [1.165, 1.54) is 11.8 Å². The minimum Gasteiger partial charge on any atom is -0.273 e. The lowest BCUT2D eigenvalue weighted by Crippen LogP contribution is -2.37. The molecule has 1 amide bonds. The number of hydrogen-bond donors (Lipinski definition) is 0. The molecule has 0 atom stereocenters. The van der Waals surface area contributed by atoms with Gasteiger partial charge in [0.05, 0.1) is 17.6 Å². The SMILES string of the molecule is Cc1nn(C)c(C)c1N(C(=O)CCS/C=C/c1ccccc1)S(C)(=O)=O. The Morgan fingerprint density at radius 1 is 1.27 bits per heavy atom. The number of sulfonamides is 1. The Morgan fingerprint density at radius 2 is 1.92 bits per heavy atom. The monoisotopic (exact) mass is 393 g/mol. The van der Waals surface area contributed by atoms with Crippen molar-refractivity contribution in [2.24, 2.45) is 7.05 Å². The minimum atomic E-state index is -3.73. The number of carbonyl (C=O) groups is 1. The summed E-state index contributed by atoms with van der Waals surface area (Å²) in [6.45, 7) is 3.45. The van der Waals surface area contributed by atoms with E-state index in [-0.39, 0.29) is 6.42 Å². The van der Waals surface area contributed by atoms with Crippen molar-refractivity contribution in [1.29, 1.82) is 0 Å². The van der Waals surface area contributed by atoms with Gasteiger partial charge in [0.1, 0.15) is 5.69 Å². The largest absolute Gasteiger partial charge is 0.273 e. The summed E-state index contributed by atoms with van der Waals surface area (Å²) < 4.78 is 26.9. The maximum atomic E-state index is 12.6. The second kappa shape index (κ2) is 8.55. The van der Waals surface area contributed by atoms with Gasteiger partial charge in [-0.15, -0.1) is 11.8 Å². The van der Waals surface area contributed by atoms with Crippen molar-refractivity contribution in [3.8, 4) is 0 Å². The zero-order valence-electron chi connectivity index (χ0n) is 15.3. The van der Waals surface area contributed by atoms with E-state index in [1.54, 1.807) is 25.6 Å². The molecule has 6 nitrogen and oxygen atoms in total. The van der Waals surface area contributed by atoms with Crippen LogP contribution in [-0.4, -0.2) is 36.1 Å². The number of aromatic nitrogens is 2. The molecular formula is C18H23N3O3S2. The van der Waals surface area contributed by atoms with E-state index >= 15 is 0 Å². The number of benzene rings is 1. The van der Waals surface area contributed by atoms with E-state index in [0.29, 0.717) is 22.8 Å². The molecule has 1 aromatic heterocycles. The van der Waals surface area contributed by atoms with E-state index in [9.17, 15) is 13.2 Å². The van der Waals surface area contributed by atoms with Gasteiger partial charge in [0, 0.05) is 19.2 Å². The predicted octanol–water partition coefficient (Wildman–Crippen LogP) is 3.12. The normalized spacial score (nSPS) is 11.8. The molecule has 26 heavy (non-hydrogen) atoms. The first kappa shape index (κ1) is 20.3. The van der Waals surface area contributed by atoms with Crippen molar-refractivity contribution < 1.29 is 13.2 Å². The highest BCUT2D eigenvalue weighted by molar-refractivity contribution is 8.02. The van der Waals surface area contributed by atoms with Crippen LogP contribution in [-0.2, 0) is 21.9 Å². The molecule has 0 saturated heterocycles. The van der Waals surface area contributed by atoms with Crippen molar-refractivity contribution in [1.82, 2.24) is 9.78 Å². The second-order valence-corrected chi connectivity index (χ2v) is 8.74. The van der Waals surface area contributed by atoms with Gasteiger partial charge < -0.3 is 0 Å². The molecule has 8 heteroatoms. The molecule has 0 aliphatic carbocycles. The lowest BCUT2D eigenvalue weighted by molar-refractivity contribution is -0.117. The molecule has 0 spiro atoms. The highest BCUT2D eigenvalue weighted by Crippen LogP contribution is 2.27. The van der Waals surface area contributed by atoms with Gasteiger partial charge in [0.2, 0.25) is 15.9 Å². The van der Waals surface area contributed by atoms with Crippen LogP contribution >= 0.6 is 11.8 Å². The Bertz CT molecular complexity index is 903. The fraction of sp³-hybridized carbons (Fsp3) is 0.333. The maximum Gasteiger partial charge on any atom is 0.241 e. The van der Waals surface area contributed by atoms with Gasteiger partial charge in [-0.05, 0) is 30.9 Å². The first-order valence-corrected chi connectivity index (χ1v) is 11.0. The van der Waals surface area contributed by atoms with E-state index in [4.69, 9.17) is 0 Å². The van der Waals surface area contributed by atoms with Crippen LogP contribution in [0.3, 0.4) is 0 Å². The van der Waals surface area contributed by atoms with Crippen molar-refractivity contribution in [2.75, 3.05) is 16.3 Å². The van der Waals surface area contributed by atoms with Crippen LogP contribution in [0.15, 0.2) is 35.7 Å². The van der Waals surface area contributed by atoms with Crippen molar-refractivity contribution in [3.05, 3.63) is 52.7 Å². The van der Waals surface area contributed by atoms with Gasteiger partial charge in [-0.2, -0.15) is 5.10 Å². The summed E-state index contributed by atoms with van der Waals surface area (Å²) in [6, 6.07) is 9.83. The quantitative estimate of drug-likeness (QED) is 0.676. The van der Waals surface area contributed by atoms with Crippen LogP contribution in [0.5, 0.6) is 0 Å². The minimum absolute atomic E-state index is 0.116. The Balaban J connectivity index is 2.05. The third kappa shape index (κ3) is 4.98. The van der Waals surface area contributed by atoms with Gasteiger partial charge in [-0.25, -0.2) is 12.7 Å². The van der Waals surface area contributed by atoms with Crippen LogP contribution in [0.4, 0.5) is 5.69 Å². The molecule has 0 fully saturated rings. The predicted molar refractivity (Wildman–Crippen MR) is 108 cm³/mol. The molecule has 0 aliphatic heterocycles. The highest BCUT2D eigenvalue weighted by atomic mass is 32.2. The maximum absolute atomic E-state index is 12.6. The van der Waals surface area contributed by atoms with E-state index in [1.807, 2.05) is 41.8 Å². The lowest BCUT2D eigenvalue weighted by atomic mass is 10.2. The summed E-state index contributed by atoms with van der Waals surface area (Å²) in [7, 11) is -2.01. The Morgan fingerprint density at radius 3 is 2.46 bits per heavy atom. The average Bonchev–Trinajstić information content (AvgIpc) is 2.81. The molecule has 0 bridgehead atoms. The Labute approximate surface area is 158 Å². The van der Waals surface area contributed by atoms with E-state index < -0.39 is 15.9 Å². The lowest BCUT2D eigenvalue weighted by Gasteiger charge is -2.20. The highest BCUT2D eigenvalue weighted by Gasteiger charge is 2.30. The van der Waals surface area contributed by atoms with Gasteiger partial charge >= 0.3 is 0 Å². The number of carbonyl (C=O) groups excluding carboxylic acids is 1. The number of nitrogens with zero attached hydrogens (tertiary/aromatic N) is 3. The Kier molecular flexibility index (Phi) is 6.66. The average molecular weight is 394 g/mol. The van der Waals surface area contributed by atoms with Gasteiger partial charge in [0.25, 0.3) is 0 Å². The fourth-order valence-electron chi connectivity index (χ4n) is 2.54. The summed E-state index contributed by atoms with van der Waals surface area (Å²) >= 11 is 1.47. The van der Waals surface area contributed by atoms with Crippen LogP contribution in [0, 0.1) is 13.8 Å². The fourth-order valence-corrected chi connectivity index (χ4v) is 4.28. The molecule has 0 aliphatic rings. The summed E-state index contributed by atoms with van der Waals surface area (Å²) in [5.74, 6) is 0.0410.